The van der Waals surface area contributed by atoms with Gasteiger partial charge in [-0.3, -0.25) is 4.79 Å². The van der Waals surface area contributed by atoms with Gasteiger partial charge in [-0.1, -0.05) is 0 Å². The molecule has 1 aromatic rings. The van der Waals surface area contributed by atoms with Gasteiger partial charge < -0.3 is 5.11 Å². The number of benzene rings is 1. The molecule has 0 aliphatic rings. The molecule has 0 saturated heterocycles. The largest absolute Gasteiger partial charge is 0.507 e. The highest BCUT2D eigenvalue weighted by atomic mass is 35.5. The lowest BCUT2D eigenvalue weighted by Crippen LogP contribution is -1.88. The molecule has 0 aliphatic heterocycles. The van der Waals surface area contributed by atoms with Crippen LogP contribution < -0.4 is 0 Å². The summed E-state index contributed by atoms with van der Waals surface area (Å²) >= 11 is 5.18. The second-order valence-electron chi connectivity index (χ2n) is 2.14. The fraction of sp³-hybridized carbons (Fsp3) is 0. The first-order valence-electron chi connectivity index (χ1n) is 3.18. The maximum Gasteiger partial charge on any atom is 0.256 e. The Bertz CT molecular complexity index is 401. The van der Waals surface area contributed by atoms with Crippen molar-refractivity contribution < 1.29 is 14.1 Å². The van der Waals surface area contributed by atoms with Gasteiger partial charge in [-0.05, 0) is 29.8 Å². The maximum atomic E-state index is 10.7. The Morgan fingerprint density at radius 2 is 2.23 bits per heavy atom. The van der Waals surface area contributed by atoms with Crippen LogP contribution in [0.25, 0.3) is 0 Å². The van der Waals surface area contributed by atoms with E-state index in [2.05, 4.69) is 4.36 Å². The van der Waals surface area contributed by atoms with Gasteiger partial charge in [-0.25, -0.2) is 0 Å². The van der Waals surface area contributed by atoms with E-state index >= 15 is 0 Å². The summed E-state index contributed by atoms with van der Waals surface area (Å²) in [5, 5.41) is 8.36. The average Bonchev–Trinajstić information content (AvgIpc) is 2.08. The number of hydrogen-bond acceptors (Lipinski definition) is 4. The van der Waals surface area contributed by atoms with Crippen molar-refractivity contribution in [3.8, 4) is 5.75 Å². The molecule has 4 nitrogen and oxygen atoms in total. The highest BCUT2D eigenvalue weighted by Gasteiger charge is 2.08. The Labute approximate surface area is 82.4 Å². The van der Waals surface area contributed by atoms with E-state index in [4.69, 9.17) is 16.7 Å². The zero-order valence-corrected chi connectivity index (χ0v) is 7.80. The summed E-state index contributed by atoms with van der Waals surface area (Å²) in [7, 11) is 0. The summed E-state index contributed by atoms with van der Waals surface area (Å²) in [6.45, 7) is 0. The van der Waals surface area contributed by atoms with E-state index in [1.165, 1.54) is 18.2 Å². The molecule has 0 heterocycles. The fourth-order valence-electron chi connectivity index (χ4n) is 0.781. The van der Waals surface area contributed by atoms with Crippen LogP contribution in [0.1, 0.15) is 10.4 Å². The Hall–Kier alpha value is -1.20. The van der Waals surface area contributed by atoms with E-state index in [0.717, 1.165) is 0 Å². The second-order valence-corrected chi connectivity index (χ2v) is 2.82. The van der Waals surface area contributed by atoms with Gasteiger partial charge in [0.2, 0.25) is 11.5 Å². The normalized spacial score (nSPS) is 9.31. The number of nitrogens with zero attached hydrogens (tertiary/aromatic N) is 1. The minimum absolute atomic E-state index is 0.0200. The van der Waals surface area contributed by atoms with Crippen LogP contribution in [0.15, 0.2) is 22.6 Å². The van der Waals surface area contributed by atoms with Crippen LogP contribution in [0.3, 0.4) is 0 Å². The quantitative estimate of drug-likeness (QED) is 0.769. The molecule has 6 heteroatoms. The molecule has 0 amide bonds. The number of carbonyl (C=O) groups is 1. The summed E-state index contributed by atoms with van der Waals surface area (Å²) in [5.41, 5.74) is 0.235. The second kappa shape index (κ2) is 4.15. The molecule has 0 spiro atoms. The van der Waals surface area contributed by atoms with Crippen LogP contribution in [0.5, 0.6) is 5.75 Å². The zero-order chi connectivity index (χ0) is 9.84. The summed E-state index contributed by atoms with van der Waals surface area (Å²) in [4.78, 5) is 10.7. The van der Waals surface area contributed by atoms with Crippen molar-refractivity contribution in [2.75, 3.05) is 0 Å². The Morgan fingerprint density at radius 3 is 2.77 bits per heavy atom. The SMILES string of the molecule is O=S=Nc1ccc(O)c(C(=O)Cl)c1. The lowest BCUT2D eigenvalue weighted by atomic mass is 10.2. The van der Waals surface area contributed by atoms with E-state index < -0.39 is 5.24 Å². The van der Waals surface area contributed by atoms with E-state index in [1.54, 1.807) is 0 Å². The fourth-order valence-corrected chi connectivity index (χ4v) is 1.13. The van der Waals surface area contributed by atoms with Gasteiger partial charge in [-0.15, -0.1) is 0 Å². The average molecular weight is 218 g/mol. The number of hydrogen-bond donors (Lipinski definition) is 1. The van der Waals surface area contributed by atoms with Crippen LogP contribution in [0.4, 0.5) is 5.69 Å². The van der Waals surface area contributed by atoms with Crippen molar-refractivity contribution in [3.05, 3.63) is 23.8 Å². The molecule has 0 saturated carbocycles. The van der Waals surface area contributed by atoms with Crippen LogP contribution in [-0.2, 0) is 11.5 Å². The number of phenolic OH excluding ortho intramolecular Hbond substituents is 1. The highest BCUT2D eigenvalue weighted by Crippen LogP contribution is 2.24. The smallest absolute Gasteiger partial charge is 0.256 e. The molecule has 0 aromatic heterocycles. The van der Waals surface area contributed by atoms with Gasteiger partial charge in [0.05, 0.1) is 11.3 Å². The van der Waals surface area contributed by atoms with Crippen molar-refractivity contribution in [2.24, 2.45) is 4.36 Å². The van der Waals surface area contributed by atoms with Crippen molar-refractivity contribution in [2.45, 2.75) is 0 Å². The lowest BCUT2D eigenvalue weighted by molar-refractivity contribution is 0.107. The monoisotopic (exact) mass is 217 g/mol. The standard InChI is InChI=1S/C7H4ClNO3S/c8-7(11)5-3-4(9-13-12)1-2-6(5)10/h1-3,10H. The summed E-state index contributed by atoms with van der Waals surface area (Å²) in [6.07, 6.45) is 0. The van der Waals surface area contributed by atoms with E-state index in [0.29, 0.717) is 5.69 Å². The van der Waals surface area contributed by atoms with Gasteiger partial charge in [-0.2, -0.15) is 8.57 Å². The third-order valence-electron chi connectivity index (χ3n) is 1.33. The molecule has 1 N–H and O–H groups in total. The lowest BCUT2D eigenvalue weighted by Gasteiger charge is -1.98. The molecule has 0 fully saturated rings. The van der Waals surface area contributed by atoms with Crippen molar-refractivity contribution in [1.29, 1.82) is 0 Å². The minimum Gasteiger partial charge on any atom is -0.507 e. The van der Waals surface area contributed by atoms with Gasteiger partial charge in [0.15, 0.2) is 0 Å². The third kappa shape index (κ3) is 2.37. The van der Waals surface area contributed by atoms with Gasteiger partial charge in [0.1, 0.15) is 5.75 Å². The number of halogens is 1. The molecule has 1 aromatic carbocycles. The van der Waals surface area contributed by atoms with Crippen molar-refractivity contribution >= 4 is 34.0 Å². The number of rotatable bonds is 2. The number of carbonyl (C=O) groups excluding carboxylic acids is 1. The molecule has 0 bridgehead atoms. The van der Waals surface area contributed by atoms with Crippen LogP contribution in [-0.4, -0.2) is 14.6 Å². The Balaban J connectivity index is 3.26. The minimum atomic E-state index is -0.787. The van der Waals surface area contributed by atoms with Crippen molar-refractivity contribution in [3.63, 3.8) is 0 Å². The Morgan fingerprint density at radius 1 is 1.54 bits per heavy atom. The first-order chi connectivity index (χ1) is 6.15. The molecule has 0 unspecified atom stereocenters. The predicted octanol–water partition coefficient (Wildman–Crippen LogP) is 1.80. The molecule has 0 aliphatic carbocycles. The maximum absolute atomic E-state index is 10.7. The van der Waals surface area contributed by atoms with Crippen LogP contribution in [0, 0.1) is 0 Å². The molecule has 0 atom stereocenters. The zero-order valence-electron chi connectivity index (χ0n) is 6.23. The van der Waals surface area contributed by atoms with E-state index in [9.17, 15) is 9.00 Å². The third-order valence-corrected chi connectivity index (χ3v) is 1.82. The van der Waals surface area contributed by atoms with Gasteiger partial charge >= 0.3 is 0 Å². The molecular weight excluding hydrogens is 214 g/mol. The number of aromatic hydroxyl groups is 1. The molecule has 0 radical (unpaired) electrons. The van der Waals surface area contributed by atoms with Crippen molar-refractivity contribution in [1.82, 2.24) is 0 Å². The van der Waals surface area contributed by atoms with E-state index in [-0.39, 0.29) is 22.8 Å². The van der Waals surface area contributed by atoms with E-state index in [1.807, 2.05) is 0 Å². The number of phenols is 1. The van der Waals surface area contributed by atoms with Crippen LogP contribution >= 0.6 is 11.6 Å². The molecule has 1 rings (SSSR count). The first kappa shape index (κ1) is 9.88. The molecular formula is C7H4ClNO3S. The summed E-state index contributed by atoms with van der Waals surface area (Å²) in [5.74, 6) is -0.227. The molecule has 68 valence electrons. The highest BCUT2D eigenvalue weighted by molar-refractivity contribution is 7.54. The van der Waals surface area contributed by atoms with Crippen LogP contribution in [0.2, 0.25) is 0 Å². The first-order valence-corrected chi connectivity index (χ1v) is 4.25. The topological polar surface area (TPSA) is 66.7 Å². The predicted molar refractivity (Wildman–Crippen MR) is 48.5 cm³/mol. The Kier molecular flexibility index (Phi) is 3.16. The summed E-state index contributed by atoms with van der Waals surface area (Å²) < 4.78 is 13.5. The van der Waals surface area contributed by atoms with Gasteiger partial charge in [0.25, 0.3) is 5.24 Å². The van der Waals surface area contributed by atoms with Gasteiger partial charge in [0, 0.05) is 0 Å². The molecule has 13 heavy (non-hydrogen) atoms. The summed E-state index contributed by atoms with van der Waals surface area (Å²) in [6, 6.07) is 3.91.